The van der Waals surface area contributed by atoms with E-state index in [0.717, 1.165) is 49.3 Å². The minimum Gasteiger partial charge on any atom is -0.378 e. The van der Waals surface area contributed by atoms with Gasteiger partial charge in [0.1, 0.15) is 5.76 Å². The quantitative estimate of drug-likeness (QED) is 0.842. The van der Waals surface area contributed by atoms with Crippen LogP contribution in [0.15, 0.2) is 9.05 Å². The molecule has 0 aliphatic carbocycles. The molecule has 21 heavy (non-hydrogen) atoms. The maximum atomic E-state index is 5.72. The maximum Gasteiger partial charge on any atom is 0.227 e. The Balaban J connectivity index is 1.67. The summed E-state index contributed by atoms with van der Waals surface area (Å²) in [6.45, 7) is 4.77. The third-order valence-corrected chi connectivity index (χ3v) is 3.91. The highest BCUT2D eigenvalue weighted by atomic mass is 16.5. The lowest BCUT2D eigenvalue weighted by Crippen LogP contribution is -2.19. The fraction of sp³-hybridized carbons (Fsp3) is 0.667. The van der Waals surface area contributed by atoms with Gasteiger partial charge in [0.2, 0.25) is 11.7 Å². The minimum absolute atomic E-state index is 0.331. The van der Waals surface area contributed by atoms with Gasteiger partial charge in [-0.3, -0.25) is 0 Å². The Kier molecular flexibility index (Phi) is 4.34. The maximum absolute atomic E-state index is 5.72. The average Bonchev–Trinajstić information content (AvgIpc) is 3.12. The summed E-state index contributed by atoms with van der Waals surface area (Å²) in [7, 11) is 0. The molecule has 6 nitrogen and oxygen atoms in total. The van der Waals surface area contributed by atoms with Gasteiger partial charge in [-0.2, -0.15) is 4.98 Å². The third kappa shape index (κ3) is 3.15. The molecular weight excluding hydrogens is 270 g/mol. The highest BCUT2D eigenvalue weighted by Gasteiger charge is 2.20. The molecule has 6 heteroatoms. The van der Waals surface area contributed by atoms with Crippen LogP contribution in [0.2, 0.25) is 0 Å². The zero-order chi connectivity index (χ0) is 14.7. The van der Waals surface area contributed by atoms with Crippen molar-refractivity contribution >= 4 is 0 Å². The van der Waals surface area contributed by atoms with Gasteiger partial charge in [0.15, 0.2) is 0 Å². The Morgan fingerprint density at radius 3 is 2.86 bits per heavy atom. The minimum atomic E-state index is 0.331. The number of hydrogen-bond donors (Lipinski definition) is 0. The first-order valence-corrected chi connectivity index (χ1v) is 7.67. The number of rotatable bonds is 5. The van der Waals surface area contributed by atoms with E-state index >= 15 is 0 Å². The van der Waals surface area contributed by atoms with Crippen molar-refractivity contribution in [2.45, 2.75) is 58.5 Å². The summed E-state index contributed by atoms with van der Waals surface area (Å²) in [5.74, 6) is 1.96. The van der Waals surface area contributed by atoms with E-state index in [1.54, 1.807) is 0 Å². The molecule has 1 aliphatic rings. The summed E-state index contributed by atoms with van der Waals surface area (Å²) in [6.07, 6.45) is 6.36. The number of aromatic nitrogens is 3. The molecule has 0 bridgehead atoms. The summed E-state index contributed by atoms with van der Waals surface area (Å²) < 4.78 is 16.3. The summed E-state index contributed by atoms with van der Waals surface area (Å²) in [6, 6.07) is 0. The molecule has 0 spiro atoms. The van der Waals surface area contributed by atoms with E-state index in [1.165, 1.54) is 12.8 Å². The lowest BCUT2D eigenvalue weighted by Gasteiger charge is -2.21. The van der Waals surface area contributed by atoms with Crippen molar-refractivity contribution in [1.82, 2.24) is 15.3 Å². The largest absolute Gasteiger partial charge is 0.378 e. The van der Waals surface area contributed by atoms with Crippen molar-refractivity contribution < 1.29 is 13.8 Å². The molecular formula is C15H21N3O3. The fourth-order valence-corrected chi connectivity index (χ4v) is 2.72. The molecule has 2 aromatic heterocycles. The monoisotopic (exact) mass is 291 g/mol. The second kappa shape index (κ2) is 6.39. The van der Waals surface area contributed by atoms with Crippen LogP contribution in [0, 0.1) is 6.92 Å². The SMILES string of the molecule is CCc1noc(C)c1-c1noc(CCC2CCCCO2)n1. The molecule has 0 amide bonds. The summed E-state index contributed by atoms with van der Waals surface area (Å²) in [5, 5.41) is 8.09. The van der Waals surface area contributed by atoms with Crippen molar-refractivity contribution in [3.8, 4) is 11.4 Å². The average molecular weight is 291 g/mol. The Morgan fingerprint density at radius 2 is 2.10 bits per heavy atom. The van der Waals surface area contributed by atoms with E-state index in [4.69, 9.17) is 13.8 Å². The van der Waals surface area contributed by atoms with Crippen LogP contribution < -0.4 is 0 Å². The van der Waals surface area contributed by atoms with Gasteiger partial charge in [-0.1, -0.05) is 17.2 Å². The topological polar surface area (TPSA) is 74.2 Å². The number of nitrogens with zero attached hydrogens (tertiary/aromatic N) is 3. The normalized spacial score (nSPS) is 19.0. The predicted octanol–water partition coefficient (Wildman–Crippen LogP) is 3.10. The summed E-state index contributed by atoms with van der Waals surface area (Å²) >= 11 is 0. The summed E-state index contributed by atoms with van der Waals surface area (Å²) in [4.78, 5) is 4.47. The molecule has 0 radical (unpaired) electrons. The molecule has 3 heterocycles. The van der Waals surface area contributed by atoms with E-state index in [9.17, 15) is 0 Å². The Hall–Kier alpha value is -1.69. The van der Waals surface area contributed by atoms with Gasteiger partial charge in [0.25, 0.3) is 0 Å². The van der Waals surface area contributed by atoms with Gasteiger partial charge >= 0.3 is 0 Å². The van der Waals surface area contributed by atoms with E-state index in [0.29, 0.717) is 17.8 Å². The van der Waals surface area contributed by atoms with Gasteiger partial charge < -0.3 is 13.8 Å². The lowest BCUT2D eigenvalue weighted by molar-refractivity contribution is 0.0104. The van der Waals surface area contributed by atoms with Gasteiger partial charge in [-0.05, 0) is 39.0 Å². The Morgan fingerprint density at radius 1 is 1.19 bits per heavy atom. The second-order valence-corrected chi connectivity index (χ2v) is 5.45. The lowest BCUT2D eigenvalue weighted by atomic mass is 10.0. The van der Waals surface area contributed by atoms with Crippen molar-refractivity contribution in [3.63, 3.8) is 0 Å². The van der Waals surface area contributed by atoms with E-state index in [2.05, 4.69) is 15.3 Å². The second-order valence-electron chi connectivity index (χ2n) is 5.45. The zero-order valence-corrected chi connectivity index (χ0v) is 12.6. The molecule has 1 atom stereocenters. The van der Waals surface area contributed by atoms with Crippen LogP contribution in [0.4, 0.5) is 0 Å². The standard InChI is InChI=1S/C15H21N3O3/c1-3-12-14(10(2)20-17-12)15-16-13(21-18-15)8-7-11-6-4-5-9-19-11/h11H,3-9H2,1-2H3. The fourth-order valence-electron chi connectivity index (χ4n) is 2.72. The Bertz CT molecular complexity index is 585. The van der Waals surface area contributed by atoms with Crippen LogP contribution in [-0.4, -0.2) is 28.0 Å². The first-order valence-electron chi connectivity index (χ1n) is 7.67. The van der Waals surface area contributed by atoms with Crippen molar-refractivity contribution in [3.05, 3.63) is 17.3 Å². The molecule has 2 aromatic rings. The van der Waals surface area contributed by atoms with Gasteiger partial charge in [0.05, 0.1) is 17.4 Å². The molecule has 3 rings (SSSR count). The predicted molar refractivity (Wildman–Crippen MR) is 75.8 cm³/mol. The molecule has 114 valence electrons. The van der Waals surface area contributed by atoms with Crippen LogP contribution in [0.5, 0.6) is 0 Å². The van der Waals surface area contributed by atoms with Gasteiger partial charge in [-0.15, -0.1) is 0 Å². The molecule has 1 aliphatic heterocycles. The molecule has 0 saturated carbocycles. The first kappa shape index (κ1) is 14.3. The van der Waals surface area contributed by atoms with E-state index in [-0.39, 0.29) is 0 Å². The highest BCUT2D eigenvalue weighted by Crippen LogP contribution is 2.25. The number of aryl methyl sites for hydroxylation is 3. The third-order valence-electron chi connectivity index (χ3n) is 3.91. The smallest absolute Gasteiger partial charge is 0.227 e. The number of ether oxygens (including phenoxy) is 1. The Labute approximate surface area is 123 Å². The van der Waals surface area contributed by atoms with Crippen LogP contribution in [0.3, 0.4) is 0 Å². The van der Waals surface area contributed by atoms with E-state index < -0.39 is 0 Å². The summed E-state index contributed by atoms with van der Waals surface area (Å²) in [5.41, 5.74) is 1.73. The van der Waals surface area contributed by atoms with Crippen LogP contribution in [-0.2, 0) is 17.6 Å². The zero-order valence-electron chi connectivity index (χ0n) is 12.6. The number of hydrogen-bond acceptors (Lipinski definition) is 6. The molecule has 1 saturated heterocycles. The molecule has 1 unspecified atom stereocenters. The van der Waals surface area contributed by atoms with Crippen molar-refractivity contribution in [1.29, 1.82) is 0 Å². The van der Waals surface area contributed by atoms with Crippen LogP contribution in [0.1, 0.15) is 50.0 Å². The van der Waals surface area contributed by atoms with E-state index in [1.807, 2.05) is 13.8 Å². The van der Waals surface area contributed by atoms with Gasteiger partial charge in [0, 0.05) is 13.0 Å². The van der Waals surface area contributed by atoms with Crippen LogP contribution >= 0.6 is 0 Å². The molecule has 1 fully saturated rings. The van der Waals surface area contributed by atoms with Crippen molar-refractivity contribution in [2.75, 3.05) is 6.61 Å². The van der Waals surface area contributed by atoms with Gasteiger partial charge in [-0.25, -0.2) is 0 Å². The molecule has 0 aromatic carbocycles. The van der Waals surface area contributed by atoms with Crippen molar-refractivity contribution in [2.24, 2.45) is 0 Å². The highest BCUT2D eigenvalue weighted by molar-refractivity contribution is 5.59. The molecule has 0 N–H and O–H groups in total. The van der Waals surface area contributed by atoms with Crippen LogP contribution in [0.25, 0.3) is 11.4 Å². The first-order chi connectivity index (χ1) is 10.3.